The predicted molar refractivity (Wildman–Crippen MR) is 82.1 cm³/mol. The molecule has 3 nitrogen and oxygen atoms in total. The van der Waals surface area contributed by atoms with Gasteiger partial charge in [0, 0.05) is 38.4 Å². The first-order chi connectivity index (χ1) is 11.4. The van der Waals surface area contributed by atoms with E-state index in [4.69, 9.17) is 4.74 Å². The summed E-state index contributed by atoms with van der Waals surface area (Å²) in [5, 5.41) is 3.28. The van der Waals surface area contributed by atoms with Crippen molar-refractivity contribution in [2.45, 2.75) is 44.1 Å². The molecular formula is C17H22F4N2O. The molecule has 0 aromatic heterocycles. The molecular weight excluding hydrogens is 324 g/mol. The number of rotatable bonds is 4. The van der Waals surface area contributed by atoms with Crippen LogP contribution in [0.25, 0.3) is 0 Å². The Balaban J connectivity index is 1.86. The lowest BCUT2D eigenvalue weighted by molar-refractivity contribution is -0.138. The van der Waals surface area contributed by atoms with Crippen LogP contribution in [0.15, 0.2) is 18.2 Å². The van der Waals surface area contributed by atoms with Crippen molar-refractivity contribution < 1.29 is 22.3 Å². The second-order valence-corrected chi connectivity index (χ2v) is 6.46. The smallest absolute Gasteiger partial charge is 0.381 e. The summed E-state index contributed by atoms with van der Waals surface area (Å²) in [4.78, 5) is 2.16. The van der Waals surface area contributed by atoms with Crippen molar-refractivity contribution in [1.82, 2.24) is 10.2 Å². The molecule has 2 heterocycles. The Morgan fingerprint density at radius 3 is 2.50 bits per heavy atom. The minimum atomic E-state index is -4.55. The van der Waals surface area contributed by atoms with Crippen LogP contribution in [0.5, 0.6) is 0 Å². The summed E-state index contributed by atoms with van der Waals surface area (Å²) in [6.45, 7) is 3.11. The maximum absolute atomic E-state index is 13.3. The Bertz CT molecular complexity index is 552. The molecule has 1 unspecified atom stereocenters. The normalized spacial score (nSPS) is 23.1. The van der Waals surface area contributed by atoms with Crippen molar-refractivity contribution in [2.24, 2.45) is 0 Å². The molecule has 0 radical (unpaired) electrons. The topological polar surface area (TPSA) is 24.5 Å². The maximum Gasteiger partial charge on any atom is 0.416 e. The molecule has 2 fully saturated rings. The van der Waals surface area contributed by atoms with Crippen LogP contribution in [0, 0.1) is 5.82 Å². The van der Waals surface area contributed by atoms with Crippen LogP contribution in [0.4, 0.5) is 17.6 Å². The Labute approximate surface area is 139 Å². The number of halogens is 4. The summed E-state index contributed by atoms with van der Waals surface area (Å²) in [6, 6.07) is 3.39. The average molecular weight is 346 g/mol. The molecule has 0 saturated carbocycles. The first kappa shape index (κ1) is 17.6. The Kier molecular flexibility index (Phi) is 5.42. The number of nitrogens with zero attached hydrogens (tertiary/aromatic N) is 1. The minimum absolute atomic E-state index is 0.141. The van der Waals surface area contributed by atoms with Crippen LogP contribution in [0.1, 0.15) is 30.4 Å². The zero-order valence-electron chi connectivity index (χ0n) is 13.4. The van der Waals surface area contributed by atoms with E-state index in [1.165, 1.54) is 6.07 Å². The molecule has 0 bridgehead atoms. The van der Waals surface area contributed by atoms with Crippen LogP contribution >= 0.6 is 0 Å². The first-order valence-corrected chi connectivity index (χ1v) is 8.35. The van der Waals surface area contributed by atoms with Gasteiger partial charge >= 0.3 is 6.18 Å². The summed E-state index contributed by atoms with van der Waals surface area (Å²) < 4.78 is 58.6. The van der Waals surface area contributed by atoms with E-state index in [2.05, 4.69) is 10.2 Å². The molecule has 24 heavy (non-hydrogen) atoms. The van der Waals surface area contributed by atoms with Gasteiger partial charge in [0.05, 0.1) is 5.56 Å². The molecule has 3 rings (SSSR count). The number of hydrogen-bond donors (Lipinski definition) is 1. The first-order valence-electron chi connectivity index (χ1n) is 8.35. The fourth-order valence-electron chi connectivity index (χ4n) is 3.64. The van der Waals surface area contributed by atoms with Gasteiger partial charge in [-0.15, -0.1) is 0 Å². The number of nitrogens with one attached hydrogen (secondary N) is 1. The standard InChI is InChI=1S/C17H22F4N2O/c18-13-2-1-12(16(9-13)17(19,20)21)11-23(15-3-6-22-10-15)14-4-7-24-8-5-14/h1-2,9,14-15,22H,3-8,10-11H2. The van der Waals surface area contributed by atoms with Gasteiger partial charge in [-0.3, -0.25) is 4.90 Å². The molecule has 0 spiro atoms. The van der Waals surface area contributed by atoms with Gasteiger partial charge in [0.1, 0.15) is 5.82 Å². The molecule has 1 N–H and O–H groups in total. The van der Waals surface area contributed by atoms with E-state index in [0.717, 1.165) is 38.4 Å². The summed E-state index contributed by atoms with van der Waals surface area (Å²) in [7, 11) is 0. The molecule has 2 aliphatic heterocycles. The highest BCUT2D eigenvalue weighted by atomic mass is 19.4. The van der Waals surface area contributed by atoms with E-state index in [1.54, 1.807) is 0 Å². The summed E-state index contributed by atoms with van der Waals surface area (Å²) in [6.07, 6.45) is -2.00. The van der Waals surface area contributed by atoms with Gasteiger partial charge in [-0.05, 0) is 43.5 Å². The Morgan fingerprint density at radius 2 is 1.88 bits per heavy atom. The molecule has 0 amide bonds. The van der Waals surface area contributed by atoms with E-state index in [-0.39, 0.29) is 24.2 Å². The van der Waals surface area contributed by atoms with Crippen LogP contribution in [-0.2, 0) is 17.5 Å². The number of benzene rings is 1. The van der Waals surface area contributed by atoms with Crippen molar-refractivity contribution in [2.75, 3.05) is 26.3 Å². The molecule has 0 aliphatic carbocycles. The second-order valence-electron chi connectivity index (χ2n) is 6.46. The highest BCUT2D eigenvalue weighted by Gasteiger charge is 2.36. The van der Waals surface area contributed by atoms with Crippen LogP contribution in [-0.4, -0.2) is 43.3 Å². The van der Waals surface area contributed by atoms with Crippen molar-refractivity contribution in [3.8, 4) is 0 Å². The van der Waals surface area contributed by atoms with E-state index in [1.807, 2.05) is 0 Å². The lowest BCUT2D eigenvalue weighted by Gasteiger charge is -2.38. The minimum Gasteiger partial charge on any atom is -0.381 e. The molecule has 2 saturated heterocycles. The number of alkyl halides is 3. The van der Waals surface area contributed by atoms with Crippen molar-refractivity contribution in [1.29, 1.82) is 0 Å². The quantitative estimate of drug-likeness (QED) is 0.848. The summed E-state index contributed by atoms with van der Waals surface area (Å²) in [5.41, 5.74) is -0.729. The molecule has 1 aromatic rings. The van der Waals surface area contributed by atoms with E-state index in [9.17, 15) is 17.6 Å². The lowest BCUT2D eigenvalue weighted by Crippen LogP contribution is -2.46. The van der Waals surface area contributed by atoms with Gasteiger partial charge in [-0.25, -0.2) is 4.39 Å². The fourth-order valence-corrected chi connectivity index (χ4v) is 3.64. The summed E-state index contributed by atoms with van der Waals surface area (Å²) in [5.74, 6) is -0.855. The monoisotopic (exact) mass is 346 g/mol. The highest BCUT2D eigenvalue weighted by Crippen LogP contribution is 2.34. The van der Waals surface area contributed by atoms with Crippen molar-refractivity contribution >= 4 is 0 Å². The Hall–Kier alpha value is -1.18. The maximum atomic E-state index is 13.3. The largest absolute Gasteiger partial charge is 0.416 e. The molecule has 7 heteroatoms. The number of ether oxygens (including phenoxy) is 1. The van der Waals surface area contributed by atoms with Crippen LogP contribution < -0.4 is 5.32 Å². The average Bonchev–Trinajstić information content (AvgIpc) is 3.08. The van der Waals surface area contributed by atoms with Crippen LogP contribution in [0.2, 0.25) is 0 Å². The number of hydrogen-bond acceptors (Lipinski definition) is 3. The lowest BCUT2D eigenvalue weighted by atomic mass is 10.00. The van der Waals surface area contributed by atoms with Crippen LogP contribution in [0.3, 0.4) is 0 Å². The molecule has 1 atom stereocenters. The third-order valence-electron chi connectivity index (χ3n) is 4.89. The molecule has 1 aromatic carbocycles. The van der Waals surface area contributed by atoms with Crippen molar-refractivity contribution in [3.05, 3.63) is 35.1 Å². The zero-order chi connectivity index (χ0) is 17.2. The zero-order valence-corrected chi connectivity index (χ0v) is 13.4. The van der Waals surface area contributed by atoms with Gasteiger partial charge in [0.25, 0.3) is 0 Å². The van der Waals surface area contributed by atoms with E-state index >= 15 is 0 Å². The fraction of sp³-hybridized carbons (Fsp3) is 0.647. The van der Waals surface area contributed by atoms with Gasteiger partial charge in [-0.2, -0.15) is 13.2 Å². The third-order valence-corrected chi connectivity index (χ3v) is 4.89. The van der Waals surface area contributed by atoms with Gasteiger partial charge in [0.2, 0.25) is 0 Å². The van der Waals surface area contributed by atoms with E-state index < -0.39 is 17.6 Å². The van der Waals surface area contributed by atoms with Gasteiger partial charge < -0.3 is 10.1 Å². The van der Waals surface area contributed by atoms with Gasteiger partial charge in [0.15, 0.2) is 0 Å². The van der Waals surface area contributed by atoms with Crippen molar-refractivity contribution in [3.63, 3.8) is 0 Å². The second kappa shape index (κ2) is 7.37. The third kappa shape index (κ3) is 4.07. The highest BCUT2D eigenvalue weighted by molar-refractivity contribution is 5.30. The van der Waals surface area contributed by atoms with E-state index in [0.29, 0.717) is 19.3 Å². The Morgan fingerprint density at radius 1 is 1.12 bits per heavy atom. The summed E-state index contributed by atoms with van der Waals surface area (Å²) >= 11 is 0. The van der Waals surface area contributed by atoms with Gasteiger partial charge in [-0.1, -0.05) is 6.07 Å². The molecule has 2 aliphatic rings. The molecule has 134 valence electrons. The predicted octanol–water partition coefficient (Wildman–Crippen LogP) is 3.19. The SMILES string of the molecule is Fc1ccc(CN(C2CCOCC2)C2CCNC2)c(C(F)(F)F)c1.